The van der Waals surface area contributed by atoms with Gasteiger partial charge in [-0.25, -0.2) is 0 Å². The van der Waals surface area contributed by atoms with Crippen LogP contribution in [0.4, 0.5) is 0 Å². The van der Waals surface area contributed by atoms with E-state index in [1.807, 2.05) is 0 Å². The maximum atomic E-state index is 13.1. The standard InChI is InChI=1S/C23H42N2O/c1-4-5-6-7-8-11-14-24-22-17-12-9-10-13-18(17)25-19-15-23(2,3)16-20(26)21(19)22/h17-19,21-22,24-25H,4-16H2,1-3H3. The zero-order valence-corrected chi connectivity index (χ0v) is 17.5. The van der Waals surface area contributed by atoms with Crippen LogP contribution in [0.1, 0.15) is 97.8 Å². The molecule has 0 aromatic rings. The number of carbonyl (C=O) groups excluding carboxylic acids is 1. The first-order chi connectivity index (χ1) is 12.5. The molecule has 0 radical (unpaired) electrons. The molecule has 0 aromatic heterocycles. The highest BCUT2D eigenvalue weighted by Gasteiger charge is 2.51. The second kappa shape index (κ2) is 9.19. The van der Waals surface area contributed by atoms with Crippen molar-refractivity contribution < 1.29 is 4.79 Å². The summed E-state index contributed by atoms with van der Waals surface area (Å²) in [5.41, 5.74) is 0.163. The molecule has 0 spiro atoms. The largest absolute Gasteiger partial charge is 0.313 e. The number of fused-ring (bicyclic) bond motifs is 2. The Labute approximate surface area is 161 Å². The molecule has 0 amide bonds. The van der Waals surface area contributed by atoms with E-state index >= 15 is 0 Å². The van der Waals surface area contributed by atoms with E-state index < -0.39 is 0 Å². The number of unbranched alkanes of at least 4 members (excludes halogenated alkanes) is 5. The van der Waals surface area contributed by atoms with Gasteiger partial charge in [0.05, 0.1) is 0 Å². The number of nitrogens with one attached hydrogen (secondary N) is 2. The fourth-order valence-corrected chi connectivity index (χ4v) is 6.01. The second-order valence-electron chi connectivity index (χ2n) is 10.1. The van der Waals surface area contributed by atoms with Gasteiger partial charge in [-0.1, -0.05) is 65.7 Å². The van der Waals surface area contributed by atoms with Gasteiger partial charge in [0, 0.05) is 30.5 Å². The zero-order valence-electron chi connectivity index (χ0n) is 17.5. The molecular weight excluding hydrogens is 320 g/mol. The molecule has 3 heteroatoms. The van der Waals surface area contributed by atoms with Crippen molar-refractivity contribution in [3.8, 4) is 0 Å². The van der Waals surface area contributed by atoms with E-state index in [1.165, 1.54) is 64.2 Å². The van der Waals surface area contributed by atoms with Crippen LogP contribution in [0.15, 0.2) is 0 Å². The van der Waals surface area contributed by atoms with Gasteiger partial charge in [0.1, 0.15) is 5.78 Å². The first-order valence-electron chi connectivity index (χ1n) is 11.5. The predicted molar refractivity (Wildman–Crippen MR) is 109 cm³/mol. The molecule has 5 atom stereocenters. The molecule has 3 aliphatic rings. The molecule has 0 bridgehead atoms. The first kappa shape index (κ1) is 20.3. The van der Waals surface area contributed by atoms with Gasteiger partial charge in [-0.3, -0.25) is 4.79 Å². The number of hydrogen-bond acceptors (Lipinski definition) is 3. The fraction of sp³-hybridized carbons (Fsp3) is 0.957. The highest BCUT2D eigenvalue weighted by Crippen LogP contribution is 2.44. The monoisotopic (exact) mass is 362 g/mol. The zero-order chi connectivity index (χ0) is 18.6. The van der Waals surface area contributed by atoms with Crippen molar-refractivity contribution in [3.05, 3.63) is 0 Å². The Morgan fingerprint density at radius 1 is 1.04 bits per heavy atom. The lowest BCUT2D eigenvalue weighted by Gasteiger charge is -2.54. The molecule has 3 rings (SSSR count). The van der Waals surface area contributed by atoms with Crippen molar-refractivity contribution in [1.29, 1.82) is 0 Å². The lowest BCUT2D eigenvalue weighted by molar-refractivity contribution is -0.134. The molecule has 26 heavy (non-hydrogen) atoms. The molecule has 2 N–H and O–H groups in total. The van der Waals surface area contributed by atoms with E-state index in [0.29, 0.717) is 29.8 Å². The molecule has 5 unspecified atom stereocenters. The number of piperidine rings is 1. The average Bonchev–Trinajstić information content (AvgIpc) is 2.59. The summed E-state index contributed by atoms with van der Waals surface area (Å²) in [6.07, 6.45) is 15.3. The number of ketones is 1. The third kappa shape index (κ3) is 4.90. The SMILES string of the molecule is CCCCCCCCNC1C2CCCCC2NC2CC(C)(C)CC(=O)C21. The van der Waals surface area contributed by atoms with Crippen molar-refractivity contribution in [1.82, 2.24) is 10.6 Å². The number of Topliss-reactive ketones (excluding diaryl/α,β-unsaturated/α-hetero) is 1. The summed E-state index contributed by atoms with van der Waals surface area (Å²) >= 11 is 0. The molecule has 3 nitrogen and oxygen atoms in total. The van der Waals surface area contributed by atoms with Gasteiger partial charge in [0.2, 0.25) is 0 Å². The van der Waals surface area contributed by atoms with Crippen LogP contribution in [0.2, 0.25) is 0 Å². The minimum Gasteiger partial charge on any atom is -0.313 e. The van der Waals surface area contributed by atoms with E-state index in [4.69, 9.17) is 0 Å². The van der Waals surface area contributed by atoms with E-state index in [-0.39, 0.29) is 11.3 Å². The quantitative estimate of drug-likeness (QED) is 0.607. The Morgan fingerprint density at radius 3 is 2.58 bits per heavy atom. The Hall–Kier alpha value is -0.410. The molecular formula is C23H42N2O. The van der Waals surface area contributed by atoms with Gasteiger partial charge in [0.25, 0.3) is 0 Å². The molecule has 1 saturated heterocycles. The van der Waals surface area contributed by atoms with Crippen LogP contribution >= 0.6 is 0 Å². The summed E-state index contributed by atoms with van der Waals surface area (Å²) in [5, 5.41) is 7.85. The van der Waals surface area contributed by atoms with Gasteiger partial charge in [-0.05, 0) is 43.6 Å². The lowest BCUT2D eigenvalue weighted by atomic mass is 9.61. The van der Waals surface area contributed by atoms with Gasteiger partial charge in [0.15, 0.2) is 0 Å². The number of hydrogen-bond donors (Lipinski definition) is 2. The number of rotatable bonds is 8. The molecule has 2 aliphatic carbocycles. The Bertz CT molecular complexity index is 461. The van der Waals surface area contributed by atoms with Crippen LogP contribution in [0.5, 0.6) is 0 Å². The average molecular weight is 363 g/mol. The van der Waals surface area contributed by atoms with Crippen LogP contribution in [0, 0.1) is 17.3 Å². The summed E-state index contributed by atoms with van der Waals surface area (Å²) in [6, 6.07) is 1.45. The fourth-order valence-electron chi connectivity index (χ4n) is 6.01. The summed E-state index contributed by atoms with van der Waals surface area (Å²) in [4.78, 5) is 13.1. The van der Waals surface area contributed by atoms with Crippen molar-refractivity contribution in [2.24, 2.45) is 17.3 Å². The second-order valence-corrected chi connectivity index (χ2v) is 10.1. The van der Waals surface area contributed by atoms with Crippen LogP contribution in [-0.4, -0.2) is 30.5 Å². The van der Waals surface area contributed by atoms with Crippen LogP contribution in [-0.2, 0) is 4.79 Å². The normalized spacial score (nSPS) is 36.4. The van der Waals surface area contributed by atoms with Gasteiger partial charge in [-0.15, -0.1) is 0 Å². The topological polar surface area (TPSA) is 41.1 Å². The molecule has 150 valence electrons. The number of carbonyl (C=O) groups is 1. The molecule has 3 fully saturated rings. The summed E-state index contributed by atoms with van der Waals surface area (Å²) < 4.78 is 0. The third-order valence-corrected chi connectivity index (χ3v) is 7.24. The van der Waals surface area contributed by atoms with Crippen molar-refractivity contribution in [2.45, 2.75) is 116 Å². The Balaban J connectivity index is 1.59. The van der Waals surface area contributed by atoms with Crippen molar-refractivity contribution in [2.75, 3.05) is 6.54 Å². The Kier molecular flexibility index (Phi) is 7.18. The third-order valence-electron chi connectivity index (χ3n) is 7.24. The van der Waals surface area contributed by atoms with E-state index in [9.17, 15) is 4.79 Å². The van der Waals surface area contributed by atoms with Crippen LogP contribution in [0.25, 0.3) is 0 Å². The van der Waals surface area contributed by atoms with E-state index in [0.717, 1.165) is 19.4 Å². The minimum atomic E-state index is 0.163. The molecule has 1 heterocycles. The summed E-state index contributed by atoms with van der Waals surface area (Å²) in [7, 11) is 0. The maximum absolute atomic E-state index is 13.1. The predicted octanol–water partition coefficient (Wildman–Crippen LogP) is 4.84. The smallest absolute Gasteiger partial charge is 0.139 e. The summed E-state index contributed by atoms with van der Waals surface area (Å²) in [6.45, 7) is 7.92. The highest BCUT2D eigenvalue weighted by molar-refractivity contribution is 5.84. The van der Waals surface area contributed by atoms with Gasteiger partial charge < -0.3 is 10.6 Å². The van der Waals surface area contributed by atoms with Crippen molar-refractivity contribution in [3.63, 3.8) is 0 Å². The van der Waals surface area contributed by atoms with Gasteiger partial charge >= 0.3 is 0 Å². The first-order valence-corrected chi connectivity index (χ1v) is 11.5. The van der Waals surface area contributed by atoms with E-state index in [1.54, 1.807) is 0 Å². The lowest BCUT2D eigenvalue weighted by Crippen LogP contribution is -2.68. The molecule has 2 saturated carbocycles. The van der Waals surface area contributed by atoms with Crippen LogP contribution in [0.3, 0.4) is 0 Å². The minimum absolute atomic E-state index is 0.163. The molecule has 0 aromatic carbocycles. The van der Waals surface area contributed by atoms with E-state index in [2.05, 4.69) is 31.4 Å². The van der Waals surface area contributed by atoms with Crippen LogP contribution < -0.4 is 10.6 Å². The van der Waals surface area contributed by atoms with Gasteiger partial charge in [-0.2, -0.15) is 0 Å². The summed E-state index contributed by atoms with van der Waals surface area (Å²) in [5.74, 6) is 1.39. The Morgan fingerprint density at radius 2 is 1.77 bits per heavy atom. The van der Waals surface area contributed by atoms with Crippen molar-refractivity contribution >= 4 is 5.78 Å². The highest BCUT2D eigenvalue weighted by atomic mass is 16.1. The molecule has 1 aliphatic heterocycles. The maximum Gasteiger partial charge on any atom is 0.139 e.